The van der Waals surface area contributed by atoms with Crippen LogP contribution in [0.15, 0.2) is 115 Å². The molecule has 1 nitrogen and oxygen atoms in total. The lowest BCUT2D eigenvalue weighted by Crippen LogP contribution is -2.33. The van der Waals surface area contributed by atoms with Gasteiger partial charge in [0.15, 0.2) is 0 Å². The summed E-state index contributed by atoms with van der Waals surface area (Å²) in [5, 5.41) is 2.64. The summed E-state index contributed by atoms with van der Waals surface area (Å²) < 4.78 is 2.49. The minimum Gasteiger partial charge on any atom is -0.309 e. The van der Waals surface area contributed by atoms with Gasteiger partial charge in [0.25, 0.3) is 0 Å². The molecule has 0 bridgehead atoms. The number of fused-ring (bicyclic) bond motifs is 12. The Morgan fingerprint density at radius 1 is 0.438 bits per heavy atom. The van der Waals surface area contributed by atoms with Crippen molar-refractivity contribution in [3.8, 4) is 16.8 Å². The van der Waals surface area contributed by atoms with Crippen LogP contribution in [0.1, 0.15) is 22.3 Å². The van der Waals surface area contributed by atoms with Crippen molar-refractivity contribution in [1.82, 2.24) is 4.57 Å². The number of nitrogens with zero attached hydrogens (tertiary/aromatic N) is 1. The maximum atomic E-state index is 2.49. The third-order valence-electron chi connectivity index (χ3n) is 7.60. The summed E-state index contributed by atoms with van der Waals surface area (Å²) in [6.07, 6.45) is 0. The van der Waals surface area contributed by atoms with E-state index in [0.717, 1.165) is 0 Å². The molecule has 1 heteroatoms. The standard InChI is InChI=1S/C31H19N/c1-4-14-24-20(10-1)21-11-2-5-15-25(21)31(24)26-16-6-8-19-29(26)32-28-18-7-3-12-22(28)23-13-9-17-27(31)30(23)32/h1-19H. The molecule has 5 aromatic carbocycles. The molecule has 0 unspecified atom stereocenters. The summed E-state index contributed by atoms with van der Waals surface area (Å²) in [5.74, 6) is 0. The van der Waals surface area contributed by atoms with E-state index in [1.807, 2.05) is 0 Å². The molecule has 1 aliphatic carbocycles. The molecule has 0 N–H and O–H groups in total. The number of rotatable bonds is 0. The van der Waals surface area contributed by atoms with Crippen LogP contribution in [-0.4, -0.2) is 4.57 Å². The van der Waals surface area contributed by atoms with Gasteiger partial charge in [-0.15, -0.1) is 0 Å². The highest BCUT2D eigenvalue weighted by Crippen LogP contribution is 2.60. The third kappa shape index (κ3) is 1.68. The van der Waals surface area contributed by atoms with Crippen LogP contribution < -0.4 is 0 Å². The second-order valence-corrected chi connectivity index (χ2v) is 8.91. The zero-order valence-electron chi connectivity index (χ0n) is 17.4. The van der Waals surface area contributed by atoms with Crippen LogP contribution in [0.25, 0.3) is 38.6 Å². The highest BCUT2D eigenvalue weighted by molar-refractivity contribution is 6.12. The smallest absolute Gasteiger partial charge is 0.0754 e. The number of hydrogen-bond donors (Lipinski definition) is 0. The van der Waals surface area contributed by atoms with E-state index >= 15 is 0 Å². The van der Waals surface area contributed by atoms with Crippen molar-refractivity contribution in [2.45, 2.75) is 5.41 Å². The first-order valence-electron chi connectivity index (χ1n) is 11.2. The van der Waals surface area contributed by atoms with Crippen LogP contribution in [0, 0.1) is 0 Å². The molecule has 2 heterocycles. The van der Waals surface area contributed by atoms with E-state index in [2.05, 4.69) is 120 Å². The zero-order chi connectivity index (χ0) is 20.9. The minimum atomic E-state index is -0.312. The summed E-state index contributed by atoms with van der Waals surface area (Å²) in [6, 6.07) is 42.7. The summed E-state index contributed by atoms with van der Waals surface area (Å²) in [7, 11) is 0. The van der Waals surface area contributed by atoms with E-state index in [4.69, 9.17) is 0 Å². The lowest BCUT2D eigenvalue weighted by molar-refractivity contribution is 0.748. The molecule has 6 aromatic rings. The lowest BCUT2D eigenvalue weighted by Gasteiger charge is -2.39. The van der Waals surface area contributed by atoms with Crippen molar-refractivity contribution in [2.24, 2.45) is 0 Å². The number of aromatic nitrogens is 1. The molecule has 2 aliphatic rings. The van der Waals surface area contributed by atoms with Crippen molar-refractivity contribution >= 4 is 21.8 Å². The first kappa shape index (κ1) is 16.6. The fourth-order valence-corrected chi connectivity index (χ4v) is 6.52. The fraction of sp³-hybridized carbons (Fsp3) is 0.0323. The van der Waals surface area contributed by atoms with Gasteiger partial charge >= 0.3 is 0 Å². The largest absolute Gasteiger partial charge is 0.309 e. The molecule has 0 radical (unpaired) electrons. The van der Waals surface area contributed by atoms with Gasteiger partial charge in [0.05, 0.1) is 22.1 Å². The van der Waals surface area contributed by atoms with Gasteiger partial charge in [-0.2, -0.15) is 0 Å². The quantitative estimate of drug-likeness (QED) is 0.247. The van der Waals surface area contributed by atoms with E-state index in [0.29, 0.717) is 0 Å². The first-order valence-corrected chi connectivity index (χ1v) is 11.2. The number of hydrogen-bond acceptors (Lipinski definition) is 0. The Kier molecular flexibility index (Phi) is 2.89. The summed E-state index contributed by atoms with van der Waals surface area (Å²) in [5.41, 5.74) is 11.8. The molecule has 0 saturated carbocycles. The molecule has 8 rings (SSSR count). The highest BCUT2D eigenvalue weighted by atomic mass is 15.0. The van der Waals surface area contributed by atoms with Gasteiger partial charge in [-0.1, -0.05) is 103 Å². The molecule has 1 aromatic heterocycles. The van der Waals surface area contributed by atoms with Crippen LogP contribution in [-0.2, 0) is 5.41 Å². The molecular formula is C31H19N. The molecule has 0 fully saturated rings. The van der Waals surface area contributed by atoms with Gasteiger partial charge < -0.3 is 4.57 Å². The molecule has 0 saturated heterocycles. The van der Waals surface area contributed by atoms with Crippen LogP contribution in [0.3, 0.4) is 0 Å². The van der Waals surface area contributed by atoms with E-state index in [-0.39, 0.29) is 5.41 Å². The zero-order valence-corrected chi connectivity index (χ0v) is 17.4. The summed E-state index contributed by atoms with van der Waals surface area (Å²) >= 11 is 0. The molecule has 32 heavy (non-hydrogen) atoms. The third-order valence-corrected chi connectivity index (χ3v) is 7.60. The van der Waals surface area contributed by atoms with Crippen molar-refractivity contribution in [3.63, 3.8) is 0 Å². The predicted molar refractivity (Wildman–Crippen MR) is 132 cm³/mol. The summed E-state index contributed by atoms with van der Waals surface area (Å²) in [6.45, 7) is 0. The summed E-state index contributed by atoms with van der Waals surface area (Å²) in [4.78, 5) is 0. The molecule has 148 valence electrons. The highest BCUT2D eigenvalue weighted by Gasteiger charge is 2.50. The normalized spacial score (nSPS) is 14.5. The minimum absolute atomic E-state index is 0.312. The maximum Gasteiger partial charge on any atom is 0.0754 e. The molecule has 0 amide bonds. The monoisotopic (exact) mass is 405 g/mol. The average molecular weight is 406 g/mol. The number of benzene rings is 5. The second-order valence-electron chi connectivity index (χ2n) is 8.91. The van der Waals surface area contributed by atoms with Gasteiger partial charge in [0.2, 0.25) is 0 Å². The van der Waals surface area contributed by atoms with Crippen LogP contribution in [0.5, 0.6) is 0 Å². The maximum absolute atomic E-state index is 2.49. The fourth-order valence-electron chi connectivity index (χ4n) is 6.52. The Morgan fingerprint density at radius 3 is 1.78 bits per heavy atom. The van der Waals surface area contributed by atoms with Crippen molar-refractivity contribution in [2.75, 3.05) is 0 Å². The van der Waals surface area contributed by atoms with Gasteiger partial charge in [-0.25, -0.2) is 0 Å². The van der Waals surface area contributed by atoms with E-state index in [1.165, 1.54) is 60.9 Å². The van der Waals surface area contributed by atoms with Crippen LogP contribution in [0.2, 0.25) is 0 Å². The van der Waals surface area contributed by atoms with Gasteiger partial charge in [0, 0.05) is 10.8 Å². The van der Waals surface area contributed by atoms with Crippen molar-refractivity contribution in [1.29, 1.82) is 0 Å². The number of para-hydroxylation sites is 3. The van der Waals surface area contributed by atoms with Gasteiger partial charge in [-0.3, -0.25) is 0 Å². The Hall–Kier alpha value is -4.10. The predicted octanol–water partition coefficient (Wildman–Crippen LogP) is 7.46. The Morgan fingerprint density at radius 2 is 1.00 bits per heavy atom. The van der Waals surface area contributed by atoms with E-state index in [1.54, 1.807) is 0 Å². The Labute approximate surface area is 186 Å². The van der Waals surface area contributed by atoms with Crippen molar-refractivity contribution < 1.29 is 0 Å². The average Bonchev–Trinajstić information content (AvgIpc) is 3.35. The van der Waals surface area contributed by atoms with Crippen molar-refractivity contribution in [3.05, 3.63) is 138 Å². The Bertz CT molecular complexity index is 1690. The Balaban J connectivity index is 1.71. The second kappa shape index (κ2) is 5.57. The molecule has 1 aliphatic heterocycles. The molecular weight excluding hydrogens is 386 g/mol. The van der Waals surface area contributed by atoms with Crippen LogP contribution in [0.4, 0.5) is 0 Å². The van der Waals surface area contributed by atoms with E-state index < -0.39 is 0 Å². The molecule has 0 atom stereocenters. The topological polar surface area (TPSA) is 4.93 Å². The lowest BCUT2D eigenvalue weighted by atomic mass is 9.65. The van der Waals surface area contributed by atoms with Crippen LogP contribution >= 0.6 is 0 Å². The van der Waals surface area contributed by atoms with Gasteiger partial charge in [-0.05, 0) is 45.5 Å². The first-order chi connectivity index (χ1) is 15.9. The van der Waals surface area contributed by atoms with E-state index in [9.17, 15) is 0 Å². The molecule has 1 spiro atoms. The van der Waals surface area contributed by atoms with Gasteiger partial charge in [0.1, 0.15) is 0 Å². The SMILES string of the molecule is c1ccc2c(c1)-c1ccccc1C21c2ccccc2-n2c3ccccc3c3cccc1c32.